The van der Waals surface area contributed by atoms with Crippen molar-refractivity contribution in [2.24, 2.45) is 0 Å². The maximum absolute atomic E-state index is 13.2. The van der Waals surface area contributed by atoms with Crippen molar-refractivity contribution in [3.63, 3.8) is 0 Å². The molecule has 0 heterocycles. The predicted octanol–water partition coefficient (Wildman–Crippen LogP) is 4.10. The van der Waals surface area contributed by atoms with Gasteiger partial charge in [0.15, 0.2) is 11.6 Å². The number of phenolic OH excluding ortho intramolecular Hbond substituents is 1. The smallest absolute Gasteiger partial charge is 0.165 e. The molecule has 3 heteroatoms. The Kier molecular flexibility index (Phi) is 4.39. The van der Waals surface area contributed by atoms with Gasteiger partial charge in [-0.1, -0.05) is 37.6 Å². The van der Waals surface area contributed by atoms with Crippen LogP contribution >= 0.6 is 0 Å². The second kappa shape index (κ2) is 6.23. The molecule has 0 atom stereocenters. The van der Waals surface area contributed by atoms with Crippen LogP contribution in [0.1, 0.15) is 24.5 Å². The second-order valence-corrected chi connectivity index (χ2v) is 4.55. The first-order valence-corrected chi connectivity index (χ1v) is 6.50. The fourth-order valence-corrected chi connectivity index (χ4v) is 2.04. The van der Waals surface area contributed by atoms with Gasteiger partial charge in [0.05, 0.1) is 0 Å². The summed E-state index contributed by atoms with van der Waals surface area (Å²) >= 11 is 0. The highest BCUT2D eigenvalue weighted by molar-refractivity contribution is 5.51. The molecule has 0 aliphatic rings. The van der Waals surface area contributed by atoms with Gasteiger partial charge in [-0.15, -0.1) is 0 Å². The third-order valence-corrected chi connectivity index (χ3v) is 3.03. The number of rotatable bonds is 5. The van der Waals surface area contributed by atoms with Gasteiger partial charge < -0.3 is 10.4 Å². The number of halogens is 1. The Hall–Kier alpha value is -2.03. The number of para-hydroxylation sites is 1. The number of aromatic hydroxyl groups is 1. The monoisotopic (exact) mass is 259 g/mol. The van der Waals surface area contributed by atoms with Gasteiger partial charge in [0.25, 0.3) is 0 Å². The molecule has 2 rings (SSSR count). The summed E-state index contributed by atoms with van der Waals surface area (Å²) in [7, 11) is 0. The highest BCUT2D eigenvalue weighted by atomic mass is 19.1. The molecule has 2 nitrogen and oxygen atoms in total. The molecule has 0 aliphatic heterocycles. The van der Waals surface area contributed by atoms with Crippen molar-refractivity contribution in [3.8, 4) is 5.75 Å². The van der Waals surface area contributed by atoms with E-state index in [9.17, 15) is 4.39 Å². The molecule has 2 N–H and O–H groups in total. The van der Waals surface area contributed by atoms with Crippen molar-refractivity contribution in [2.75, 3.05) is 5.32 Å². The molecule has 0 saturated heterocycles. The Morgan fingerprint density at radius 2 is 1.95 bits per heavy atom. The zero-order chi connectivity index (χ0) is 13.7. The molecule has 0 aromatic heterocycles. The van der Waals surface area contributed by atoms with E-state index in [0.717, 1.165) is 24.1 Å². The molecule has 0 unspecified atom stereocenters. The maximum atomic E-state index is 13.2. The van der Waals surface area contributed by atoms with Crippen LogP contribution in [0.25, 0.3) is 0 Å². The topological polar surface area (TPSA) is 32.3 Å². The van der Waals surface area contributed by atoms with Crippen molar-refractivity contribution in [1.29, 1.82) is 0 Å². The van der Waals surface area contributed by atoms with Crippen LogP contribution in [0.3, 0.4) is 0 Å². The van der Waals surface area contributed by atoms with Crippen LogP contribution in [0.2, 0.25) is 0 Å². The van der Waals surface area contributed by atoms with Gasteiger partial charge in [-0.05, 0) is 35.7 Å². The normalized spacial score (nSPS) is 10.4. The molecule has 0 amide bonds. The molecule has 0 bridgehead atoms. The lowest BCUT2D eigenvalue weighted by molar-refractivity contribution is 0.432. The standard InChI is InChI=1S/C16H18FNO/c1-2-5-13-6-3-4-7-15(13)18-11-12-8-9-16(19)14(17)10-12/h3-4,6-10,18-19H,2,5,11H2,1H3. The van der Waals surface area contributed by atoms with Gasteiger partial charge >= 0.3 is 0 Å². The largest absolute Gasteiger partial charge is 0.505 e. The van der Waals surface area contributed by atoms with E-state index in [0.29, 0.717) is 6.54 Å². The van der Waals surface area contributed by atoms with Gasteiger partial charge in [0.1, 0.15) is 0 Å². The first kappa shape index (κ1) is 13.4. The zero-order valence-corrected chi connectivity index (χ0v) is 11.0. The van der Waals surface area contributed by atoms with E-state index in [4.69, 9.17) is 5.11 Å². The van der Waals surface area contributed by atoms with E-state index in [2.05, 4.69) is 18.3 Å². The lowest BCUT2D eigenvalue weighted by atomic mass is 10.1. The van der Waals surface area contributed by atoms with Crippen molar-refractivity contribution in [2.45, 2.75) is 26.3 Å². The highest BCUT2D eigenvalue weighted by Gasteiger charge is 2.03. The summed E-state index contributed by atoms with van der Waals surface area (Å²) in [5.41, 5.74) is 3.16. The summed E-state index contributed by atoms with van der Waals surface area (Å²) in [4.78, 5) is 0. The van der Waals surface area contributed by atoms with Crippen LogP contribution in [0.5, 0.6) is 5.75 Å². The van der Waals surface area contributed by atoms with Crippen LogP contribution in [0, 0.1) is 5.82 Å². The van der Waals surface area contributed by atoms with E-state index < -0.39 is 5.82 Å². The van der Waals surface area contributed by atoms with Crippen LogP contribution in [0.15, 0.2) is 42.5 Å². The molecule has 0 saturated carbocycles. The van der Waals surface area contributed by atoms with Crippen LogP contribution in [0.4, 0.5) is 10.1 Å². The number of hydrogen-bond acceptors (Lipinski definition) is 2. The highest BCUT2D eigenvalue weighted by Crippen LogP contribution is 2.20. The fourth-order valence-electron chi connectivity index (χ4n) is 2.04. The van der Waals surface area contributed by atoms with Gasteiger partial charge in [0.2, 0.25) is 0 Å². The number of phenols is 1. The minimum Gasteiger partial charge on any atom is -0.505 e. The van der Waals surface area contributed by atoms with Crippen molar-refractivity contribution >= 4 is 5.69 Å². The maximum Gasteiger partial charge on any atom is 0.165 e. The van der Waals surface area contributed by atoms with Crippen LogP contribution < -0.4 is 5.32 Å². The Morgan fingerprint density at radius 3 is 2.68 bits per heavy atom. The number of nitrogens with one attached hydrogen (secondary N) is 1. The Morgan fingerprint density at radius 1 is 1.16 bits per heavy atom. The SMILES string of the molecule is CCCc1ccccc1NCc1ccc(O)c(F)c1. The van der Waals surface area contributed by atoms with E-state index in [1.807, 2.05) is 18.2 Å². The Labute approximate surface area is 112 Å². The minimum absolute atomic E-state index is 0.310. The minimum atomic E-state index is -0.582. The van der Waals surface area contributed by atoms with Crippen molar-refractivity contribution < 1.29 is 9.50 Å². The van der Waals surface area contributed by atoms with E-state index in [1.54, 1.807) is 6.07 Å². The van der Waals surface area contributed by atoms with Gasteiger partial charge in [-0.25, -0.2) is 4.39 Å². The Balaban J connectivity index is 2.07. The average Bonchev–Trinajstić information content (AvgIpc) is 2.42. The molecule has 0 aliphatic carbocycles. The molecule has 0 spiro atoms. The summed E-state index contributed by atoms with van der Waals surface area (Å²) < 4.78 is 13.2. The predicted molar refractivity (Wildman–Crippen MR) is 75.8 cm³/mol. The first-order chi connectivity index (χ1) is 9.20. The van der Waals surface area contributed by atoms with Gasteiger partial charge in [-0.3, -0.25) is 0 Å². The third kappa shape index (κ3) is 3.47. The quantitative estimate of drug-likeness (QED) is 0.847. The first-order valence-electron chi connectivity index (χ1n) is 6.50. The van der Waals surface area contributed by atoms with Crippen LogP contribution in [-0.4, -0.2) is 5.11 Å². The second-order valence-electron chi connectivity index (χ2n) is 4.55. The number of benzene rings is 2. The summed E-state index contributed by atoms with van der Waals surface area (Å²) in [6, 6.07) is 12.6. The molecule has 2 aromatic rings. The molecular formula is C16H18FNO. The van der Waals surface area contributed by atoms with E-state index >= 15 is 0 Å². The summed E-state index contributed by atoms with van der Waals surface area (Å²) in [6.07, 6.45) is 2.11. The summed E-state index contributed by atoms with van der Waals surface area (Å²) in [5, 5.41) is 12.5. The van der Waals surface area contributed by atoms with Crippen LogP contribution in [-0.2, 0) is 13.0 Å². The molecule has 0 radical (unpaired) electrons. The molecule has 2 aromatic carbocycles. The number of hydrogen-bond donors (Lipinski definition) is 2. The summed E-state index contributed by atoms with van der Waals surface area (Å²) in [6.45, 7) is 2.68. The fraction of sp³-hybridized carbons (Fsp3) is 0.250. The van der Waals surface area contributed by atoms with E-state index in [-0.39, 0.29) is 5.75 Å². The van der Waals surface area contributed by atoms with E-state index in [1.165, 1.54) is 17.7 Å². The van der Waals surface area contributed by atoms with Crippen molar-refractivity contribution in [1.82, 2.24) is 0 Å². The number of anilines is 1. The molecule has 0 fully saturated rings. The molecular weight excluding hydrogens is 241 g/mol. The zero-order valence-electron chi connectivity index (χ0n) is 11.0. The Bertz CT molecular complexity index is 554. The molecule has 100 valence electrons. The summed E-state index contributed by atoms with van der Waals surface area (Å²) in [5.74, 6) is -0.892. The number of aryl methyl sites for hydroxylation is 1. The lowest BCUT2D eigenvalue weighted by Gasteiger charge is -2.11. The lowest BCUT2D eigenvalue weighted by Crippen LogP contribution is -2.02. The third-order valence-electron chi connectivity index (χ3n) is 3.03. The van der Waals surface area contributed by atoms with Gasteiger partial charge in [0, 0.05) is 12.2 Å². The van der Waals surface area contributed by atoms with Crippen molar-refractivity contribution in [3.05, 3.63) is 59.4 Å². The average molecular weight is 259 g/mol. The molecule has 19 heavy (non-hydrogen) atoms. The van der Waals surface area contributed by atoms with Gasteiger partial charge in [-0.2, -0.15) is 0 Å².